The predicted octanol–water partition coefficient (Wildman–Crippen LogP) is 3.12. The average molecular weight is 393 g/mol. The zero-order valence-corrected chi connectivity index (χ0v) is 17.3. The van der Waals surface area contributed by atoms with Gasteiger partial charge in [0.15, 0.2) is 0 Å². The third-order valence-corrected chi connectivity index (χ3v) is 5.52. The molecule has 1 aliphatic heterocycles. The number of aromatic nitrogens is 3. The van der Waals surface area contributed by atoms with E-state index in [1.54, 1.807) is 12.4 Å². The molecule has 2 aromatic heterocycles. The fourth-order valence-corrected chi connectivity index (χ4v) is 4.08. The van der Waals surface area contributed by atoms with Gasteiger partial charge in [0.05, 0.1) is 6.61 Å². The molecular formula is C22H27N5O2. The van der Waals surface area contributed by atoms with Gasteiger partial charge in [-0.25, -0.2) is 9.97 Å². The van der Waals surface area contributed by atoms with E-state index in [1.165, 1.54) is 0 Å². The summed E-state index contributed by atoms with van der Waals surface area (Å²) in [6.07, 6.45) is 3.50. The number of carbonyl (C=O) groups is 1. The van der Waals surface area contributed by atoms with Gasteiger partial charge in [0.25, 0.3) is 5.91 Å². The van der Waals surface area contributed by atoms with E-state index in [2.05, 4.69) is 32.4 Å². The third-order valence-electron chi connectivity index (χ3n) is 5.52. The Labute approximate surface area is 170 Å². The second kappa shape index (κ2) is 8.11. The maximum absolute atomic E-state index is 13.4. The molecule has 0 saturated carbocycles. The first-order valence-corrected chi connectivity index (χ1v) is 10.2. The second-order valence-corrected chi connectivity index (χ2v) is 7.16. The molecule has 7 heteroatoms. The van der Waals surface area contributed by atoms with Crippen LogP contribution in [0.5, 0.6) is 5.75 Å². The summed E-state index contributed by atoms with van der Waals surface area (Å²) in [5.41, 5.74) is 2.87. The number of benzene rings is 1. The molecule has 0 aliphatic carbocycles. The Morgan fingerprint density at radius 2 is 1.83 bits per heavy atom. The smallest absolute Gasteiger partial charge is 0.270 e. The Bertz CT molecular complexity index is 1010. The first kappa shape index (κ1) is 19.2. The number of ether oxygens (including phenoxy) is 1. The van der Waals surface area contributed by atoms with Crippen molar-refractivity contribution >= 4 is 22.8 Å². The molecule has 29 heavy (non-hydrogen) atoms. The summed E-state index contributed by atoms with van der Waals surface area (Å²) in [5, 5.41) is 1.08. The fraction of sp³-hybridized carbons (Fsp3) is 0.409. The number of anilines is 1. The van der Waals surface area contributed by atoms with Gasteiger partial charge in [-0.3, -0.25) is 4.79 Å². The van der Waals surface area contributed by atoms with Crippen LogP contribution >= 0.6 is 0 Å². The van der Waals surface area contributed by atoms with Crippen molar-refractivity contribution in [2.45, 2.75) is 27.3 Å². The quantitative estimate of drug-likeness (QED) is 0.666. The summed E-state index contributed by atoms with van der Waals surface area (Å²) in [4.78, 5) is 26.2. The molecule has 0 bridgehead atoms. The van der Waals surface area contributed by atoms with Crippen molar-refractivity contribution in [2.75, 3.05) is 37.7 Å². The highest BCUT2D eigenvalue weighted by Crippen LogP contribution is 2.30. The monoisotopic (exact) mass is 393 g/mol. The maximum Gasteiger partial charge on any atom is 0.270 e. The predicted molar refractivity (Wildman–Crippen MR) is 114 cm³/mol. The Kier molecular flexibility index (Phi) is 5.38. The molecular weight excluding hydrogens is 366 g/mol. The fourth-order valence-electron chi connectivity index (χ4n) is 4.08. The van der Waals surface area contributed by atoms with Gasteiger partial charge in [-0.15, -0.1) is 0 Å². The van der Waals surface area contributed by atoms with Crippen LogP contribution in [0.4, 0.5) is 5.95 Å². The lowest BCUT2D eigenvalue weighted by molar-refractivity contribution is 0.0735. The molecule has 0 unspecified atom stereocenters. The normalized spacial score (nSPS) is 14.4. The minimum atomic E-state index is 0.0899. The van der Waals surface area contributed by atoms with E-state index in [0.717, 1.165) is 53.5 Å². The van der Waals surface area contributed by atoms with Crippen molar-refractivity contribution < 1.29 is 9.53 Å². The summed E-state index contributed by atoms with van der Waals surface area (Å²) in [6.45, 7) is 10.2. The molecule has 0 atom stereocenters. The molecule has 4 rings (SSSR count). The molecule has 3 aromatic rings. The number of nitrogens with zero attached hydrogens (tertiary/aromatic N) is 5. The molecule has 7 nitrogen and oxygen atoms in total. The van der Waals surface area contributed by atoms with Gasteiger partial charge in [-0.1, -0.05) is 0 Å². The lowest BCUT2D eigenvalue weighted by Gasteiger charge is -2.35. The van der Waals surface area contributed by atoms with Gasteiger partial charge in [0, 0.05) is 56.0 Å². The number of carbonyl (C=O) groups excluding carboxylic acids is 1. The van der Waals surface area contributed by atoms with Crippen LogP contribution in [-0.4, -0.2) is 58.1 Å². The lowest BCUT2D eigenvalue weighted by Crippen LogP contribution is -2.49. The van der Waals surface area contributed by atoms with E-state index in [0.29, 0.717) is 19.7 Å². The molecule has 1 saturated heterocycles. The first-order chi connectivity index (χ1) is 14.1. The highest BCUT2D eigenvalue weighted by atomic mass is 16.5. The lowest BCUT2D eigenvalue weighted by atomic mass is 10.1. The van der Waals surface area contributed by atoms with Crippen molar-refractivity contribution in [1.29, 1.82) is 0 Å². The van der Waals surface area contributed by atoms with Crippen molar-refractivity contribution in [3.05, 3.63) is 47.9 Å². The molecule has 3 heterocycles. The largest absolute Gasteiger partial charge is 0.494 e. The number of aryl methyl sites for hydroxylation is 2. The van der Waals surface area contributed by atoms with Gasteiger partial charge in [0.1, 0.15) is 11.4 Å². The molecule has 1 fully saturated rings. The molecule has 0 spiro atoms. The number of piperazine rings is 1. The van der Waals surface area contributed by atoms with Crippen LogP contribution in [0.3, 0.4) is 0 Å². The molecule has 1 amide bonds. The van der Waals surface area contributed by atoms with Crippen LogP contribution in [0.15, 0.2) is 36.7 Å². The number of fused-ring (bicyclic) bond motifs is 1. The van der Waals surface area contributed by atoms with E-state index in [-0.39, 0.29) is 5.91 Å². The van der Waals surface area contributed by atoms with Crippen LogP contribution in [0.2, 0.25) is 0 Å². The van der Waals surface area contributed by atoms with Gasteiger partial charge in [-0.05, 0) is 50.6 Å². The van der Waals surface area contributed by atoms with E-state index in [4.69, 9.17) is 4.74 Å². The summed E-state index contributed by atoms with van der Waals surface area (Å²) in [6, 6.07) is 7.89. The van der Waals surface area contributed by atoms with Gasteiger partial charge in [0.2, 0.25) is 5.95 Å². The summed E-state index contributed by atoms with van der Waals surface area (Å²) in [5.74, 6) is 1.65. The van der Waals surface area contributed by atoms with Crippen molar-refractivity contribution in [1.82, 2.24) is 19.4 Å². The number of hydrogen-bond donors (Lipinski definition) is 0. The Balaban J connectivity index is 1.59. The van der Waals surface area contributed by atoms with Crippen LogP contribution in [0, 0.1) is 6.92 Å². The van der Waals surface area contributed by atoms with Crippen LogP contribution in [-0.2, 0) is 6.54 Å². The van der Waals surface area contributed by atoms with Crippen LogP contribution < -0.4 is 9.64 Å². The SMILES string of the molecule is CCOc1ccc2c(c1)c(C)c(C(=O)N1CCN(c3ncccn3)CC1)n2CC. The molecule has 152 valence electrons. The molecule has 1 aromatic carbocycles. The summed E-state index contributed by atoms with van der Waals surface area (Å²) >= 11 is 0. The third kappa shape index (κ3) is 3.52. The number of rotatable bonds is 5. The molecule has 0 N–H and O–H groups in total. The summed E-state index contributed by atoms with van der Waals surface area (Å²) in [7, 11) is 0. The van der Waals surface area contributed by atoms with Gasteiger partial charge < -0.3 is 19.1 Å². The van der Waals surface area contributed by atoms with E-state index in [9.17, 15) is 4.79 Å². The molecule has 0 radical (unpaired) electrons. The summed E-state index contributed by atoms with van der Waals surface area (Å²) < 4.78 is 7.78. The Morgan fingerprint density at radius 3 is 2.48 bits per heavy atom. The first-order valence-electron chi connectivity index (χ1n) is 10.2. The molecule has 1 aliphatic rings. The van der Waals surface area contributed by atoms with Crippen molar-refractivity contribution in [2.24, 2.45) is 0 Å². The highest BCUT2D eigenvalue weighted by molar-refractivity contribution is 6.02. The van der Waals surface area contributed by atoms with E-state index >= 15 is 0 Å². The van der Waals surface area contributed by atoms with E-state index < -0.39 is 0 Å². The minimum absolute atomic E-state index is 0.0899. The van der Waals surface area contributed by atoms with E-state index in [1.807, 2.05) is 36.9 Å². The number of amides is 1. The highest BCUT2D eigenvalue weighted by Gasteiger charge is 2.28. The Morgan fingerprint density at radius 1 is 1.10 bits per heavy atom. The van der Waals surface area contributed by atoms with Gasteiger partial charge in [-0.2, -0.15) is 0 Å². The van der Waals surface area contributed by atoms with Crippen molar-refractivity contribution in [3.8, 4) is 5.75 Å². The zero-order valence-electron chi connectivity index (χ0n) is 17.3. The maximum atomic E-state index is 13.4. The van der Waals surface area contributed by atoms with Crippen molar-refractivity contribution in [3.63, 3.8) is 0 Å². The van der Waals surface area contributed by atoms with Crippen LogP contribution in [0.1, 0.15) is 29.9 Å². The standard InChI is InChI=1S/C22H27N5O2/c1-4-27-19-8-7-17(29-5-2)15-18(19)16(3)20(27)21(28)25-11-13-26(14-12-25)22-23-9-6-10-24-22/h6-10,15H,4-5,11-14H2,1-3H3. The average Bonchev–Trinajstić information content (AvgIpc) is 3.05. The van der Waals surface area contributed by atoms with Crippen LogP contribution in [0.25, 0.3) is 10.9 Å². The Hall–Kier alpha value is -3.09. The van der Waals surface area contributed by atoms with Gasteiger partial charge >= 0.3 is 0 Å². The minimum Gasteiger partial charge on any atom is -0.494 e. The topological polar surface area (TPSA) is 63.5 Å². The zero-order chi connectivity index (χ0) is 20.4. The number of hydrogen-bond acceptors (Lipinski definition) is 5. The second-order valence-electron chi connectivity index (χ2n) is 7.16.